The van der Waals surface area contributed by atoms with Crippen LogP contribution in [0.4, 0.5) is 13.2 Å². The molecule has 0 saturated carbocycles. The molecule has 2 aromatic rings. The second kappa shape index (κ2) is 3.91. The third-order valence-corrected chi connectivity index (χ3v) is 2.50. The maximum absolute atomic E-state index is 12.2. The summed E-state index contributed by atoms with van der Waals surface area (Å²) in [7, 11) is 0. The second-order valence-electron chi connectivity index (χ2n) is 4.00. The number of rotatable bonds is 1. The normalized spacial score (nSPS) is 12.0. The molecule has 90 valence electrons. The number of H-pyrrole nitrogens is 1. The van der Waals surface area contributed by atoms with Crippen LogP contribution in [0.1, 0.15) is 11.1 Å². The SMILES string of the molecule is Cc1cc2cc(CC(F)(F)F)ccc2[nH]c1=O. The molecule has 0 amide bonds. The number of fused-ring (bicyclic) bond motifs is 1. The third-order valence-electron chi connectivity index (χ3n) is 2.50. The summed E-state index contributed by atoms with van der Waals surface area (Å²) >= 11 is 0. The van der Waals surface area contributed by atoms with E-state index in [0.717, 1.165) is 0 Å². The van der Waals surface area contributed by atoms with E-state index in [1.54, 1.807) is 13.0 Å². The summed E-state index contributed by atoms with van der Waals surface area (Å²) in [5.41, 5.74) is 1.01. The Hall–Kier alpha value is -1.78. The lowest BCUT2D eigenvalue weighted by Crippen LogP contribution is -2.12. The van der Waals surface area contributed by atoms with E-state index in [-0.39, 0.29) is 11.1 Å². The highest BCUT2D eigenvalue weighted by molar-refractivity contribution is 5.79. The van der Waals surface area contributed by atoms with Crippen molar-refractivity contribution in [2.24, 2.45) is 0 Å². The topological polar surface area (TPSA) is 32.9 Å². The van der Waals surface area contributed by atoms with Crippen LogP contribution < -0.4 is 5.56 Å². The van der Waals surface area contributed by atoms with Crippen LogP contribution in [-0.2, 0) is 6.42 Å². The molecule has 1 heterocycles. The predicted molar refractivity (Wildman–Crippen MR) is 59.1 cm³/mol. The van der Waals surface area contributed by atoms with E-state index in [4.69, 9.17) is 0 Å². The van der Waals surface area contributed by atoms with Gasteiger partial charge in [0.05, 0.1) is 6.42 Å². The summed E-state index contributed by atoms with van der Waals surface area (Å²) in [6.45, 7) is 1.62. The van der Waals surface area contributed by atoms with Crippen LogP contribution in [0.15, 0.2) is 29.1 Å². The van der Waals surface area contributed by atoms with Gasteiger partial charge in [0.1, 0.15) is 0 Å². The zero-order valence-corrected chi connectivity index (χ0v) is 9.06. The van der Waals surface area contributed by atoms with Crippen LogP contribution in [0, 0.1) is 6.92 Å². The Morgan fingerprint density at radius 2 is 1.94 bits per heavy atom. The maximum Gasteiger partial charge on any atom is 0.393 e. The molecule has 0 spiro atoms. The standard InChI is InChI=1S/C12H10F3NO/c1-7-4-9-5-8(6-12(13,14)15)2-3-10(9)16-11(7)17/h2-5H,6H2,1H3,(H,16,17). The molecule has 1 aromatic heterocycles. The van der Waals surface area contributed by atoms with E-state index in [2.05, 4.69) is 4.98 Å². The molecule has 2 rings (SSSR count). The number of benzene rings is 1. The van der Waals surface area contributed by atoms with Gasteiger partial charge in [-0.15, -0.1) is 0 Å². The summed E-state index contributed by atoms with van der Waals surface area (Å²) in [5, 5.41) is 0.615. The fraction of sp³-hybridized carbons (Fsp3) is 0.250. The Balaban J connectivity index is 2.51. The number of halogens is 3. The lowest BCUT2D eigenvalue weighted by atomic mass is 10.1. The molecule has 0 aliphatic heterocycles. The van der Waals surface area contributed by atoms with Crippen molar-refractivity contribution in [3.63, 3.8) is 0 Å². The number of pyridine rings is 1. The number of aromatic nitrogens is 1. The molecule has 0 atom stereocenters. The average Bonchev–Trinajstić information content (AvgIpc) is 2.18. The number of nitrogens with one attached hydrogen (secondary N) is 1. The summed E-state index contributed by atoms with van der Waals surface area (Å²) in [5.74, 6) is 0. The predicted octanol–water partition coefficient (Wildman–Crippen LogP) is 2.94. The second-order valence-corrected chi connectivity index (χ2v) is 4.00. The van der Waals surface area contributed by atoms with Crippen LogP contribution >= 0.6 is 0 Å². The van der Waals surface area contributed by atoms with Gasteiger partial charge < -0.3 is 4.98 Å². The van der Waals surface area contributed by atoms with E-state index in [9.17, 15) is 18.0 Å². The number of hydrogen-bond donors (Lipinski definition) is 1. The highest BCUT2D eigenvalue weighted by atomic mass is 19.4. The lowest BCUT2D eigenvalue weighted by molar-refractivity contribution is -0.127. The van der Waals surface area contributed by atoms with Gasteiger partial charge in [-0.25, -0.2) is 0 Å². The first-order valence-electron chi connectivity index (χ1n) is 5.04. The Labute approximate surface area is 95.1 Å². The molecule has 0 radical (unpaired) electrons. The fourth-order valence-electron chi connectivity index (χ4n) is 1.71. The van der Waals surface area contributed by atoms with E-state index < -0.39 is 12.6 Å². The van der Waals surface area contributed by atoms with Gasteiger partial charge in [-0.1, -0.05) is 6.07 Å². The first-order valence-corrected chi connectivity index (χ1v) is 5.04. The Bertz CT molecular complexity index is 613. The van der Waals surface area contributed by atoms with Crippen LogP contribution in [0.25, 0.3) is 10.9 Å². The first kappa shape index (κ1) is 11.7. The lowest BCUT2D eigenvalue weighted by Gasteiger charge is -2.07. The van der Waals surface area contributed by atoms with Crippen molar-refractivity contribution in [1.82, 2.24) is 4.98 Å². The first-order chi connectivity index (χ1) is 7.85. The summed E-state index contributed by atoms with van der Waals surface area (Å²) in [6, 6.07) is 5.91. The van der Waals surface area contributed by atoms with E-state index in [1.165, 1.54) is 18.2 Å². The molecule has 2 nitrogen and oxygen atoms in total. The smallest absolute Gasteiger partial charge is 0.322 e. The molecule has 0 unspecified atom stereocenters. The van der Waals surface area contributed by atoms with Crippen molar-refractivity contribution in [3.8, 4) is 0 Å². The monoisotopic (exact) mass is 241 g/mol. The van der Waals surface area contributed by atoms with Crippen LogP contribution in [0.2, 0.25) is 0 Å². The van der Waals surface area contributed by atoms with Crippen molar-refractivity contribution < 1.29 is 13.2 Å². The van der Waals surface area contributed by atoms with Crippen molar-refractivity contribution in [2.75, 3.05) is 0 Å². The highest BCUT2D eigenvalue weighted by Gasteiger charge is 2.27. The van der Waals surface area contributed by atoms with E-state index in [0.29, 0.717) is 16.5 Å². The van der Waals surface area contributed by atoms with Gasteiger partial charge >= 0.3 is 6.18 Å². The van der Waals surface area contributed by atoms with Gasteiger partial charge in [0, 0.05) is 11.1 Å². The minimum absolute atomic E-state index is 0.191. The molecule has 0 fully saturated rings. The molecule has 0 bridgehead atoms. The summed E-state index contributed by atoms with van der Waals surface area (Å²) in [4.78, 5) is 13.9. The van der Waals surface area contributed by atoms with Gasteiger partial charge in [0.15, 0.2) is 0 Å². The van der Waals surface area contributed by atoms with Crippen molar-refractivity contribution in [2.45, 2.75) is 19.5 Å². The van der Waals surface area contributed by atoms with Crippen molar-refractivity contribution >= 4 is 10.9 Å². The molecule has 0 aliphatic rings. The highest BCUT2D eigenvalue weighted by Crippen LogP contribution is 2.23. The fourth-order valence-corrected chi connectivity index (χ4v) is 1.71. The van der Waals surface area contributed by atoms with Crippen LogP contribution in [0.3, 0.4) is 0 Å². The number of alkyl halides is 3. The van der Waals surface area contributed by atoms with Gasteiger partial charge in [-0.3, -0.25) is 4.79 Å². The molecule has 5 heteroatoms. The van der Waals surface area contributed by atoms with Gasteiger partial charge in [-0.05, 0) is 36.1 Å². The average molecular weight is 241 g/mol. The van der Waals surface area contributed by atoms with Gasteiger partial charge in [0.25, 0.3) is 5.56 Å². The molecular formula is C12H10F3NO. The number of aryl methyl sites for hydroxylation is 1. The van der Waals surface area contributed by atoms with Crippen molar-refractivity contribution in [3.05, 3.63) is 45.7 Å². The van der Waals surface area contributed by atoms with Crippen LogP contribution in [-0.4, -0.2) is 11.2 Å². The van der Waals surface area contributed by atoms with Gasteiger partial charge in [0.2, 0.25) is 0 Å². The quantitative estimate of drug-likeness (QED) is 0.818. The maximum atomic E-state index is 12.2. The molecule has 17 heavy (non-hydrogen) atoms. The summed E-state index contributed by atoms with van der Waals surface area (Å²) in [6.07, 6.45) is -5.17. The molecule has 1 N–H and O–H groups in total. The van der Waals surface area contributed by atoms with Crippen LogP contribution in [0.5, 0.6) is 0 Å². The Morgan fingerprint density at radius 1 is 1.24 bits per heavy atom. The zero-order valence-electron chi connectivity index (χ0n) is 9.06. The van der Waals surface area contributed by atoms with E-state index in [1.807, 2.05) is 0 Å². The minimum atomic E-state index is -4.22. The molecule has 0 aliphatic carbocycles. The summed E-state index contributed by atoms with van der Waals surface area (Å²) < 4.78 is 36.7. The molecular weight excluding hydrogens is 231 g/mol. The Morgan fingerprint density at radius 3 is 2.59 bits per heavy atom. The third kappa shape index (κ3) is 2.67. The molecule has 0 saturated heterocycles. The number of aromatic amines is 1. The van der Waals surface area contributed by atoms with Gasteiger partial charge in [-0.2, -0.15) is 13.2 Å². The van der Waals surface area contributed by atoms with Crippen molar-refractivity contribution in [1.29, 1.82) is 0 Å². The van der Waals surface area contributed by atoms with E-state index >= 15 is 0 Å². The Kier molecular flexibility index (Phi) is 2.69. The largest absolute Gasteiger partial charge is 0.393 e. The zero-order chi connectivity index (χ0) is 12.6. The minimum Gasteiger partial charge on any atom is -0.322 e. The molecule has 1 aromatic carbocycles. The number of hydrogen-bond acceptors (Lipinski definition) is 1.